The van der Waals surface area contributed by atoms with Crippen LogP contribution in [0.2, 0.25) is 0 Å². The molecule has 0 aliphatic carbocycles. The maximum absolute atomic E-state index is 12.7. The van der Waals surface area contributed by atoms with Gasteiger partial charge in [0.2, 0.25) is 0 Å². The summed E-state index contributed by atoms with van der Waals surface area (Å²) >= 11 is 1.63. The molecule has 0 bridgehead atoms. The van der Waals surface area contributed by atoms with Gasteiger partial charge >= 0.3 is 6.18 Å². The Morgan fingerprint density at radius 1 is 1.17 bits per heavy atom. The average molecular weight is 469 g/mol. The van der Waals surface area contributed by atoms with Crippen LogP contribution in [0.1, 0.15) is 22.9 Å². The second-order valence-electron chi connectivity index (χ2n) is 4.83. The minimum absolute atomic E-state index is 0. The Morgan fingerprint density at radius 2 is 1.96 bits per heavy atom. The molecule has 0 unspecified atom stereocenters. The first-order valence-electron chi connectivity index (χ1n) is 7.19. The molecule has 3 nitrogen and oxygen atoms in total. The van der Waals surface area contributed by atoms with Crippen molar-refractivity contribution < 1.29 is 13.2 Å². The number of hydrogen-bond donors (Lipinski definition) is 2. The topological polar surface area (TPSA) is 36.4 Å². The number of rotatable bonds is 5. The number of aliphatic imine (C=N–C) groups is 1. The molecule has 0 aliphatic rings. The van der Waals surface area contributed by atoms with Crippen LogP contribution in [0.3, 0.4) is 0 Å². The lowest BCUT2D eigenvalue weighted by Crippen LogP contribution is -2.36. The van der Waals surface area contributed by atoms with Crippen LogP contribution in [0.5, 0.6) is 0 Å². The lowest BCUT2D eigenvalue weighted by Gasteiger charge is -2.11. The number of nitrogens with one attached hydrogen (secondary N) is 2. The number of thiophene rings is 1. The van der Waals surface area contributed by atoms with Crippen molar-refractivity contribution in [3.8, 4) is 0 Å². The molecular weight excluding hydrogens is 450 g/mol. The third-order valence-corrected chi connectivity index (χ3v) is 3.90. The minimum atomic E-state index is -4.33. The minimum Gasteiger partial charge on any atom is -0.357 e. The van der Waals surface area contributed by atoms with Crippen LogP contribution in [0.15, 0.2) is 46.8 Å². The van der Waals surface area contributed by atoms with Crippen LogP contribution >= 0.6 is 35.3 Å². The number of benzene rings is 1. The van der Waals surface area contributed by atoms with Crippen molar-refractivity contribution in [2.45, 2.75) is 26.2 Å². The van der Waals surface area contributed by atoms with Gasteiger partial charge in [0.15, 0.2) is 5.96 Å². The second-order valence-corrected chi connectivity index (χ2v) is 5.86. The fourth-order valence-electron chi connectivity index (χ4n) is 1.94. The summed E-state index contributed by atoms with van der Waals surface area (Å²) in [6.45, 7) is 3.43. The van der Waals surface area contributed by atoms with Crippen molar-refractivity contribution in [1.29, 1.82) is 0 Å². The normalized spacial score (nSPS) is 11.8. The summed E-state index contributed by atoms with van der Waals surface area (Å²) in [5.74, 6) is 0.582. The van der Waals surface area contributed by atoms with Crippen LogP contribution in [0.4, 0.5) is 13.2 Å². The van der Waals surface area contributed by atoms with Gasteiger partial charge in [-0.05, 0) is 36.1 Å². The quantitative estimate of drug-likeness (QED) is 0.381. The predicted molar refractivity (Wildman–Crippen MR) is 103 cm³/mol. The first kappa shape index (κ1) is 20.8. The highest BCUT2D eigenvalue weighted by atomic mass is 127. The van der Waals surface area contributed by atoms with E-state index in [1.807, 2.05) is 24.4 Å². The SMILES string of the molecule is CCNC(=NCc1cccc(C(F)(F)F)c1)NCc1cccs1.I. The van der Waals surface area contributed by atoms with Gasteiger partial charge in [-0.25, -0.2) is 4.99 Å². The van der Waals surface area contributed by atoms with Gasteiger partial charge in [-0.3, -0.25) is 0 Å². The zero-order valence-electron chi connectivity index (χ0n) is 13.1. The molecular formula is C16H19F3IN3S. The van der Waals surface area contributed by atoms with Crippen molar-refractivity contribution >= 4 is 41.3 Å². The smallest absolute Gasteiger partial charge is 0.357 e. The van der Waals surface area contributed by atoms with E-state index < -0.39 is 11.7 Å². The second kappa shape index (κ2) is 9.87. The third-order valence-electron chi connectivity index (χ3n) is 3.03. The average Bonchev–Trinajstić information content (AvgIpc) is 3.03. The largest absolute Gasteiger partial charge is 0.416 e. The van der Waals surface area contributed by atoms with Gasteiger partial charge in [0, 0.05) is 11.4 Å². The van der Waals surface area contributed by atoms with E-state index in [9.17, 15) is 13.2 Å². The molecule has 0 amide bonds. The Bertz CT molecular complexity index is 642. The molecule has 1 aromatic carbocycles. The molecule has 0 saturated carbocycles. The third kappa shape index (κ3) is 6.68. The van der Waals surface area contributed by atoms with Gasteiger partial charge in [-0.2, -0.15) is 13.2 Å². The molecule has 0 saturated heterocycles. The van der Waals surface area contributed by atoms with Gasteiger partial charge in [0.25, 0.3) is 0 Å². The van der Waals surface area contributed by atoms with Gasteiger partial charge < -0.3 is 10.6 Å². The van der Waals surface area contributed by atoms with Crippen molar-refractivity contribution in [3.05, 3.63) is 57.8 Å². The number of guanidine groups is 1. The van der Waals surface area contributed by atoms with E-state index in [2.05, 4.69) is 15.6 Å². The van der Waals surface area contributed by atoms with Gasteiger partial charge in [0.1, 0.15) is 0 Å². The molecule has 2 rings (SSSR count). The fraction of sp³-hybridized carbons (Fsp3) is 0.312. The van der Waals surface area contributed by atoms with Crippen molar-refractivity contribution in [2.75, 3.05) is 6.54 Å². The van der Waals surface area contributed by atoms with Crippen LogP contribution in [-0.4, -0.2) is 12.5 Å². The van der Waals surface area contributed by atoms with Gasteiger partial charge in [-0.15, -0.1) is 35.3 Å². The molecule has 0 atom stereocenters. The molecule has 24 heavy (non-hydrogen) atoms. The first-order valence-corrected chi connectivity index (χ1v) is 8.07. The molecule has 0 radical (unpaired) electrons. The number of nitrogens with zero attached hydrogens (tertiary/aromatic N) is 1. The fourth-order valence-corrected chi connectivity index (χ4v) is 2.59. The Kier molecular flexibility index (Phi) is 8.54. The van der Waals surface area contributed by atoms with E-state index >= 15 is 0 Å². The monoisotopic (exact) mass is 469 g/mol. The Hall–Kier alpha value is -1.29. The Balaban J connectivity index is 0.00000288. The Morgan fingerprint density at radius 3 is 2.58 bits per heavy atom. The van der Waals surface area contributed by atoms with Crippen LogP contribution in [0.25, 0.3) is 0 Å². The zero-order chi connectivity index (χ0) is 16.7. The predicted octanol–water partition coefficient (Wildman–Crippen LogP) is 4.64. The molecule has 1 aromatic heterocycles. The lowest BCUT2D eigenvalue weighted by atomic mass is 10.1. The standard InChI is InChI=1S/C16H18F3N3S.HI/c1-2-20-15(22-11-14-7-4-8-23-14)21-10-12-5-3-6-13(9-12)16(17,18)19;/h3-9H,2,10-11H2,1H3,(H2,20,21,22);1H. The molecule has 2 aromatic rings. The lowest BCUT2D eigenvalue weighted by molar-refractivity contribution is -0.137. The van der Waals surface area contributed by atoms with Crippen LogP contribution in [0, 0.1) is 0 Å². The number of halogens is 4. The summed E-state index contributed by atoms with van der Waals surface area (Å²) in [5, 5.41) is 8.24. The van der Waals surface area contributed by atoms with E-state index in [1.165, 1.54) is 6.07 Å². The molecule has 0 aliphatic heterocycles. The van der Waals surface area contributed by atoms with E-state index in [0.29, 0.717) is 24.6 Å². The Labute approximate surface area is 160 Å². The summed E-state index contributed by atoms with van der Waals surface area (Å²) in [6, 6.07) is 9.21. The zero-order valence-corrected chi connectivity index (χ0v) is 16.2. The summed E-state index contributed by atoms with van der Waals surface area (Å²) in [4.78, 5) is 5.50. The molecule has 132 valence electrons. The summed E-state index contributed by atoms with van der Waals surface area (Å²) in [7, 11) is 0. The summed E-state index contributed by atoms with van der Waals surface area (Å²) < 4.78 is 38.1. The molecule has 1 heterocycles. The first-order chi connectivity index (χ1) is 11.0. The van der Waals surface area contributed by atoms with Gasteiger partial charge in [0.05, 0.1) is 18.7 Å². The molecule has 2 N–H and O–H groups in total. The van der Waals surface area contributed by atoms with Crippen LogP contribution in [-0.2, 0) is 19.3 Å². The van der Waals surface area contributed by atoms with E-state index in [4.69, 9.17) is 0 Å². The molecule has 8 heteroatoms. The van der Waals surface area contributed by atoms with E-state index in [-0.39, 0.29) is 30.5 Å². The highest BCUT2D eigenvalue weighted by molar-refractivity contribution is 14.0. The van der Waals surface area contributed by atoms with Crippen molar-refractivity contribution in [3.63, 3.8) is 0 Å². The maximum atomic E-state index is 12.7. The number of alkyl halides is 3. The van der Waals surface area contributed by atoms with Crippen molar-refractivity contribution in [2.24, 2.45) is 4.99 Å². The van der Waals surface area contributed by atoms with E-state index in [1.54, 1.807) is 17.4 Å². The summed E-state index contributed by atoms with van der Waals surface area (Å²) in [5.41, 5.74) is -0.130. The van der Waals surface area contributed by atoms with Crippen molar-refractivity contribution in [1.82, 2.24) is 10.6 Å². The van der Waals surface area contributed by atoms with Crippen LogP contribution < -0.4 is 10.6 Å². The highest BCUT2D eigenvalue weighted by Gasteiger charge is 2.30. The summed E-state index contributed by atoms with van der Waals surface area (Å²) in [6.07, 6.45) is -4.33. The molecule has 0 fully saturated rings. The van der Waals surface area contributed by atoms with Gasteiger partial charge in [-0.1, -0.05) is 18.2 Å². The number of hydrogen-bond acceptors (Lipinski definition) is 2. The molecule has 0 spiro atoms. The highest BCUT2D eigenvalue weighted by Crippen LogP contribution is 2.29. The van der Waals surface area contributed by atoms with E-state index in [0.717, 1.165) is 17.0 Å². The maximum Gasteiger partial charge on any atom is 0.416 e.